The maximum absolute atomic E-state index is 10.4. The van der Waals surface area contributed by atoms with Gasteiger partial charge >= 0.3 is 0 Å². The molecule has 106 valence electrons. The van der Waals surface area contributed by atoms with Gasteiger partial charge in [0.15, 0.2) is 0 Å². The van der Waals surface area contributed by atoms with Gasteiger partial charge in [-0.2, -0.15) is 0 Å². The zero-order chi connectivity index (χ0) is 14.3. The first-order chi connectivity index (χ1) is 8.79. The van der Waals surface area contributed by atoms with Gasteiger partial charge in [0.05, 0.1) is 16.3 Å². The molecule has 1 N–H and O–H groups in total. The number of thiocarbonyl (C=S) groups is 1. The van der Waals surface area contributed by atoms with Gasteiger partial charge in [-0.1, -0.05) is 25.5 Å². The molecule has 0 radical (unpaired) electrons. The number of hydrogen-bond donors (Lipinski definition) is 1. The van der Waals surface area contributed by atoms with Crippen LogP contribution in [0.2, 0.25) is 0 Å². The van der Waals surface area contributed by atoms with Crippen molar-refractivity contribution in [3.63, 3.8) is 0 Å². The second kappa shape index (κ2) is 5.12. The number of aliphatic hydroxyl groups is 1. The molecule has 0 bridgehead atoms. The lowest BCUT2D eigenvalue weighted by atomic mass is 9.59. The first-order valence-corrected chi connectivity index (χ1v) is 7.74. The van der Waals surface area contributed by atoms with Crippen LogP contribution in [0.5, 0.6) is 0 Å². The predicted octanol–water partition coefficient (Wildman–Crippen LogP) is 4.00. The highest BCUT2D eigenvalue weighted by molar-refractivity contribution is 7.78. The van der Waals surface area contributed by atoms with Gasteiger partial charge in [-0.25, -0.2) is 4.99 Å². The topological polar surface area (TPSA) is 32.6 Å². The fourth-order valence-corrected chi connectivity index (χ4v) is 4.12. The monoisotopic (exact) mass is 279 g/mol. The van der Waals surface area contributed by atoms with Gasteiger partial charge in [0.1, 0.15) is 0 Å². The molecular weight excluding hydrogens is 254 g/mol. The van der Waals surface area contributed by atoms with E-state index in [9.17, 15) is 5.11 Å². The summed E-state index contributed by atoms with van der Waals surface area (Å²) in [7, 11) is 0. The standard InChI is InChI=1S/C16H25NOS/c1-11(2)12-5-8-16(4,17-10-19)14-6-7-15(3,18)9-13(12)14/h9,11-12,14,18H,5-8H2,1-4H3/t12?,14?,15-,16-/m0/s1. The van der Waals surface area contributed by atoms with Crippen molar-refractivity contribution in [2.45, 2.75) is 64.5 Å². The fourth-order valence-electron chi connectivity index (χ4n) is 3.92. The zero-order valence-electron chi connectivity index (χ0n) is 12.4. The predicted molar refractivity (Wildman–Crippen MR) is 82.4 cm³/mol. The SMILES string of the molecule is CC(C)C1CC[C@](C)(N=C=S)C2CC[C@](C)(O)C=C12. The summed E-state index contributed by atoms with van der Waals surface area (Å²) in [6.45, 7) is 8.66. The summed E-state index contributed by atoms with van der Waals surface area (Å²) in [5.41, 5.74) is 0.641. The normalized spacial score (nSPS) is 42.3. The second-order valence-corrected chi connectivity index (χ2v) is 7.22. The molecule has 2 unspecified atom stereocenters. The molecule has 2 aliphatic carbocycles. The smallest absolute Gasteiger partial charge is 0.0802 e. The average Bonchev–Trinajstić information content (AvgIpc) is 2.27. The highest BCUT2D eigenvalue weighted by Crippen LogP contribution is 2.51. The quantitative estimate of drug-likeness (QED) is 0.471. The van der Waals surface area contributed by atoms with E-state index in [4.69, 9.17) is 12.2 Å². The summed E-state index contributed by atoms with van der Waals surface area (Å²) >= 11 is 4.84. The van der Waals surface area contributed by atoms with Crippen LogP contribution in [0.3, 0.4) is 0 Å². The third-order valence-corrected chi connectivity index (χ3v) is 5.16. The fraction of sp³-hybridized carbons (Fsp3) is 0.812. The molecule has 1 saturated carbocycles. The van der Waals surface area contributed by atoms with E-state index in [1.165, 1.54) is 5.57 Å². The molecule has 19 heavy (non-hydrogen) atoms. The summed E-state index contributed by atoms with van der Waals surface area (Å²) in [5, 5.41) is 13.0. The van der Waals surface area contributed by atoms with Gasteiger partial charge in [-0.05, 0) is 63.6 Å². The van der Waals surface area contributed by atoms with Crippen molar-refractivity contribution in [3.8, 4) is 0 Å². The zero-order valence-corrected chi connectivity index (χ0v) is 13.3. The Morgan fingerprint density at radius 3 is 2.63 bits per heavy atom. The maximum atomic E-state index is 10.4. The molecule has 4 atom stereocenters. The number of nitrogens with zero attached hydrogens (tertiary/aromatic N) is 1. The molecular formula is C16H25NOS. The van der Waals surface area contributed by atoms with Crippen LogP contribution in [0.1, 0.15) is 53.4 Å². The lowest BCUT2D eigenvalue weighted by Crippen LogP contribution is -2.46. The summed E-state index contributed by atoms with van der Waals surface area (Å²) in [4.78, 5) is 4.48. The Hall–Kier alpha value is -0.500. The Bertz CT molecular complexity index is 434. The molecule has 0 aliphatic heterocycles. The molecule has 2 nitrogen and oxygen atoms in total. The molecule has 1 fully saturated rings. The largest absolute Gasteiger partial charge is 0.386 e. The van der Waals surface area contributed by atoms with Crippen LogP contribution in [0.25, 0.3) is 0 Å². The van der Waals surface area contributed by atoms with E-state index in [2.05, 4.69) is 37.0 Å². The number of hydrogen-bond acceptors (Lipinski definition) is 3. The van der Waals surface area contributed by atoms with Gasteiger partial charge in [0, 0.05) is 5.92 Å². The molecule has 0 aromatic carbocycles. The lowest BCUT2D eigenvalue weighted by molar-refractivity contribution is 0.0637. The van der Waals surface area contributed by atoms with Gasteiger partial charge in [0.2, 0.25) is 0 Å². The maximum Gasteiger partial charge on any atom is 0.0802 e. The number of isothiocyanates is 1. The van der Waals surface area contributed by atoms with Crippen LogP contribution >= 0.6 is 12.2 Å². The van der Waals surface area contributed by atoms with E-state index >= 15 is 0 Å². The van der Waals surface area contributed by atoms with Crippen molar-refractivity contribution in [2.75, 3.05) is 0 Å². The van der Waals surface area contributed by atoms with E-state index in [1.807, 2.05) is 6.92 Å². The molecule has 0 spiro atoms. The van der Waals surface area contributed by atoms with Crippen molar-refractivity contribution < 1.29 is 5.11 Å². The van der Waals surface area contributed by atoms with Crippen molar-refractivity contribution in [1.29, 1.82) is 0 Å². The molecule has 2 rings (SSSR count). The van der Waals surface area contributed by atoms with Crippen LogP contribution in [-0.2, 0) is 0 Å². The van der Waals surface area contributed by atoms with Crippen molar-refractivity contribution in [2.24, 2.45) is 22.7 Å². The van der Waals surface area contributed by atoms with Gasteiger partial charge in [0.25, 0.3) is 0 Å². The minimum absolute atomic E-state index is 0.116. The molecule has 0 heterocycles. The number of rotatable bonds is 2. The van der Waals surface area contributed by atoms with Crippen molar-refractivity contribution >= 4 is 17.4 Å². The first-order valence-electron chi connectivity index (χ1n) is 7.33. The van der Waals surface area contributed by atoms with E-state index < -0.39 is 5.60 Å². The van der Waals surface area contributed by atoms with E-state index in [-0.39, 0.29) is 5.54 Å². The molecule has 0 amide bonds. The van der Waals surface area contributed by atoms with E-state index in [1.54, 1.807) is 0 Å². The Labute approximate surface area is 122 Å². The highest BCUT2D eigenvalue weighted by atomic mass is 32.1. The van der Waals surface area contributed by atoms with Gasteiger partial charge < -0.3 is 5.11 Å². The third kappa shape index (κ3) is 2.84. The highest BCUT2D eigenvalue weighted by Gasteiger charge is 2.46. The summed E-state index contributed by atoms with van der Waals surface area (Å²) in [5.74, 6) is 1.61. The van der Waals surface area contributed by atoms with E-state index in [0.717, 1.165) is 25.7 Å². The Morgan fingerprint density at radius 1 is 1.37 bits per heavy atom. The molecule has 3 heteroatoms. The van der Waals surface area contributed by atoms with Gasteiger partial charge in [-0.15, -0.1) is 0 Å². The molecule has 2 aliphatic rings. The Morgan fingerprint density at radius 2 is 2.05 bits per heavy atom. The first kappa shape index (κ1) is 14.9. The lowest BCUT2D eigenvalue weighted by Gasteiger charge is -2.48. The Balaban J connectivity index is 2.43. The van der Waals surface area contributed by atoms with E-state index in [0.29, 0.717) is 17.8 Å². The minimum atomic E-state index is -0.654. The van der Waals surface area contributed by atoms with Gasteiger partial charge in [-0.3, -0.25) is 0 Å². The van der Waals surface area contributed by atoms with Crippen molar-refractivity contribution in [3.05, 3.63) is 11.6 Å². The van der Waals surface area contributed by atoms with Crippen LogP contribution in [0, 0.1) is 17.8 Å². The Kier molecular flexibility index (Phi) is 4.02. The average molecular weight is 279 g/mol. The number of aliphatic imine (C=N–C) groups is 1. The summed E-state index contributed by atoms with van der Waals surface area (Å²) < 4.78 is 0. The molecule has 0 aromatic heterocycles. The third-order valence-electron chi connectivity index (χ3n) is 5.07. The van der Waals surface area contributed by atoms with Crippen LogP contribution in [0.15, 0.2) is 16.6 Å². The molecule has 0 saturated heterocycles. The summed E-state index contributed by atoms with van der Waals surface area (Å²) in [6.07, 6.45) is 6.13. The van der Waals surface area contributed by atoms with Crippen LogP contribution in [-0.4, -0.2) is 21.4 Å². The van der Waals surface area contributed by atoms with Crippen LogP contribution < -0.4 is 0 Å². The minimum Gasteiger partial charge on any atom is -0.386 e. The summed E-state index contributed by atoms with van der Waals surface area (Å²) in [6, 6.07) is 0. The number of fused-ring (bicyclic) bond motifs is 1. The second-order valence-electron chi connectivity index (χ2n) is 7.04. The van der Waals surface area contributed by atoms with Crippen molar-refractivity contribution in [1.82, 2.24) is 0 Å². The molecule has 0 aromatic rings. The van der Waals surface area contributed by atoms with Crippen LogP contribution in [0.4, 0.5) is 0 Å².